The fourth-order valence-electron chi connectivity index (χ4n) is 2.59. The van der Waals surface area contributed by atoms with Crippen LogP contribution in [0.25, 0.3) is 5.69 Å². The molecule has 0 aliphatic rings. The summed E-state index contributed by atoms with van der Waals surface area (Å²) in [5.41, 5.74) is 2.52. The van der Waals surface area contributed by atoms with Crippen molar-refractivity contribution in [3.8, 4) is 11.4 Å². The van der Waals surface area contributed by atoms with E-state index in [0.29, 0.717) is 24.3 Å². The molecule has 0 aliphatic heterocycles. The first-order valence-corrected chi connectivity index (χ1v) is 9.10. The van der Waals surface area contributed by atoms with Gasteiger partial charge in [0.25, 0.3) is 0 Å². The molecule has 0 bridgehead atoms. The Morgan fingerprint density at radius 3 is 2.43 bits per heavy atom. The fourth-order valence-corrected chi connectivity index (χ4v) is 2.59. The minimum atomic E-state index is -0.258. The number of rotatable bonds is 9. The van der Waals surface area contributed by atoms with E-state index in [-0.39, 0.29) is 24.8 Å². The second kappa shape index (κ2) is 9.50. The molecule has 0 unspecified atom stereocenters. The molecule has 0 N–H and O–H groups in total. The van der Waals surface area contributed by atoms with E-state index in [2.05, 4.69) is 5.10 Å². The van der Waals surface area contributed by atoms with E-state index in [1.165, 1.54) is 6.92 Å². The third kappa shape index (κ3) is 5.54. The quantitative estimate of drug-likeness (QED) is 0.320. The second-order valence-corrected chi connectivity index (χ2v) is 6.31. The van der Waals surface area contributed by atoms with Gasteiger partial charge >= 0.3 is 5.97 Å². The lowest BCUT2D eigenvalue weighted by Crippen LogP contribution is -2.07. The van der Waals surface area contributed by atoms with Crippen LogP contribution in [0.15, 0.2) is 67.0 Å². The van der Waals surface area contributed by atoms with Crippen LogP contribution in [-0.2, 0) is 16.1 Å². The fraction of sp³-hybridized carbons (Fsp3) is 0.227. The second-order valence-electron chi connectivity index (χ2n) is 6.31. The van der Waals surface area contributed by atoms with Crippen molar-refractivity contribution in [1.82, 2.24) is 9.78 Å². The maximum absolute atomic E-state index is 11.9. The Morgan fingerprint density at radius 2 is 1.79 bits per heavy atom. The van der Waals surface area contributed by atoms with Gasteiger partial charge < -0.3 is 9.47 Å². The number of carbonyl (C=O) groups is 2. The molecule has 0 saturated carbocycles. The molecule has 0 fully saturated rings. The molecule has 0 atom stereocenters. The molecule has 28 heavy (non-hydrogen) atoms. The molecule has 2 aromatic carbocycles. The zero-order chi connectivity index (χ0) is 19.8. The molecular formula is C22H22N2O4. The molecule has 0 amide bonds. The lowest BCUT2D eigenvalue weighted by atomic mass is 10.1. The first-order chi connectivity index (χ1) is 13.6. The van der Waals surface area contributed by atoms with E-state index in [9.17, 15) is 9.59 Å². The number of benzene rings is 2. The molecule has 1 aromatic heterocycles. The Kier molecular flexibility index (Phi) is 6.57. The van der Waals surface area contributed by atoms with Crippen LogP contribution >= 0.6 is 0 Å². The van der Waals surface area contributed by atoms with Gasteiger partial charge in [0.1, 0.15) is 12.4 Å². The van der Waals surface area contributed by atoms with Crippen LogP contribution in [0.2, 0.25) is 0 Å². The monoisotopic (exact) mass is 378 g/mol. The maximum Gasteiger partial charge on any atom is 0.306 e. The van der Waals surface area contributed by atoms with Gasteiger partial charge in [-0.25, -0.2) is 4.68 Å². The van der Waals surface area contributed by atoms with Crippen molar-refractivity contribution >= 4 is 11.8 Å². The molecule has 144 valence electrons. The Morgan fingerprint density at radius 1 is 1.04 bits per heavy atom. The lowest BCUT2D eigenvalue weighted by molar-refractivity contribution is -0.145. The zero-order valence-electron chi connectivity index (χ0n) is 15.7. The Hall–Kier alpha value is -3.41. The SMILES string of the molecule is CC(=O)c1ccc(OCCCC(=O)OCc2ccc(-n3cccn3)cc2)cc1. The van der Waals surface area contributed by atoms with Gasteiger partial charge in [-0.2, -0.15) is 5.10 Å². The molecule has 0 saturated heterocycles. The van der Waals surface area contributed by atoms with E-state index < -0.39 is 0 Å². The number of hydrogen-bond donors (Lipinski definition) is 0. The highest BCUT2D eigenvalue weighted by atomic mass is 16.5. The number of ether oxygens (including phenoxy) is 2. The average Bonchev–Trinajstić information content (AvgIpc) is 3.25. The van der Waals surface area contributed by atoms with Crippen molar-refractivity contribution in [1.29, 1.82) is 0 Å². The van der Waals surface area contributed by atoms with Gasteiger partial charge in [-0.1, -0.05) is 12.1 Å². The van der Waals surface area contributed by atoms with Gasteiger partial charge in [-0.3, -0.25) is 9.59 Å². The summed E-state index contributed by atoms with van der Waals surface area (Å²) < 4.78 is 12.6. The van der Waals surface area contributed by atoms with Crippen LogP contribution < -0.4 is 4.74 Å². The maximum atomic E-state index is 11.9. The Balaban J connectivity index is 1.35. The van der Waals surface area contributed by atoms with Gasteiger partial charge in [0.2, 0.25) is 0 Å². The number of esters is 1. The number of carbonyl (C=O) groups excluding carboxylic acids is 2. The van der Waals surface area contributed by atoms with Crippen molar-refractivity contribution < 1.29 is 19.1 Å². The highest BCUT2D eigenvalue weighted by Crippen LogP contribution is 2.13. The first-order valence-electron chi connectivity index (χ1n) is 9.10. The van der Waals surface area contributed by atoms with E-state index in [0.717, 1.165) is 11.3 Å². The predicted octanol–water partition coefficient (Wildman–Crippen LogP) is 3.98. The van der Waals surface area contributed by atoms with Gasteiger partial charge in [0.15, 0.2) is 5.78 Å². The summed E-state index contributed by atoms with van der Waals surface area (Å²) >= 11 is 0. The summed E-state index contributed by atoms with van der Waals surface area (Å²) in [6.45, 7) is 2.17. The zero-order valence-corrected chi connectivity index (χ0v) is 15.7. The number of ketones is 1. The summed E-state index contributed by atoms with van der Waals surface area (Å²) in [7, 11) is 0. The standard InChI is InChI=1S/C22H22N2O4/c1-17(25)19-7-11-21(12-8-19)27-15-2-4-22(26)28-16-18-5-9-20(10-6-18)24-14-3-13-23-24/h3,5-14H,2,4,15-16H2,1H3. The third-order valence-electron chi connectivity index (χ3n) is 4.16. The van der Waals surface area contributed by atoms with Crippen molar-refractivity contribution in [2.45, 2.75) is 26.4 Å². The van der Waals surface area contributed by atoms with Crippen molar-refractivity contribution in [2.24, 2.45) is 0 Å². The summed E-state index contributed by atoms with van der Waals surface area (Å²) in [5.74, 6) is 0.438. The van der Waals surface area contributed by atoms with Gasteiger partial charge in [0, 0.05) is 24.4 Å². The molecule has 0 spiro atoms. The predicted molar refractivity (Wildman–Crippen MR) is 105 cm³/mol. The lowest BCUT2D eigenvalue weighted by Gasteiger charge is -2.08. The van der Waals surface area contributed by atoms with Crippen LogP contribution in [0.4, 0.5) is 0 Å². The van der Waals surface area contributed by atoms with Gasteiger partial charge in [-0.05, 0) is 61.4 Å². The number of nitrogens with zero attached hydrogens (tertiary/aromatic N) is 2. The molecule has 6 nitrogen and oxygen atoms in total. The van der Waals surface area contributed by atoms with Crippen LogP contribution in [0.5, 0.6) is 5.75 Å². The van der Waals surface area contributed by atoms with Crippen molar-refractivity contribution in [3.05, 3.63) is 78.1 Å². The van der Waals surface area contributed by atoms with Gasteiger partial charge in [-0.15, -0.1) is 0 Å². The van der Waals surface area contributed by atoms with E-state index in [4.69, 9.17) is 9.47 Å². The molecule has 3 aromatic rings. The molecule has 3 rings (SSSR count). The number of aromatic nitrogens is 2. The first kappa shape index (κ1) is 19.4. The van der Waals surface area contributed by atoms with Crippen LogP contribution in [0.3, 0.4) is 0 Å². The Labute approximate surface area is 163 Å². The van der Waals surface area contributed by atoms with Crippen molar-refractivity contribution in [3.63, 3.8) is 0 Å². The van der Waals surface area contributed by atoms with Crippen molar-refractivity contribution in [2.75, 3.05) is 6.61 Å². The highest BCUT2D eigenvalue weighted by Gasteiger charge is 2.05. The normalized spacial score (nSPS) is 10.5. The molecular weight excluding hydrogens is 356 g/mol. The summed E-state index contributed by atoms with van der Waals surface area (Å²) in [6.07, 6.45) is 4.44. The minimum Gasteiger partial charge on any atom is -0.494 e. The van der Waals surface area contributed by atoms with Crippen LogP contribution in [0, 0.1) is 0 Å². The van der Waals surface area contributed by atoms with Crippen LogP contribution in [-0.4, -0.2) is 28.1 Å². The number of hydrogen-bond acceptors (Lipinski definition) is 5. The van der Waals surface area contributed by atoms with Gasteiger partial charge in [0.05, 0.1) is 12.3 Å². The van der Waals surface area contributed by atoms with Crippen LogP contribution in [0.1, 0.15) is 35.7 Å². The molecule has 6 heteroatoms. The molecule has 0 aliphatic carbocycles. The largest absolute Gasteiger partial charge is 0.494 e. The van der Waals surface area contributed by atoms with E-state index >= 15 is 0 Å². The number of Topliss-reactive ketones (excluding diaryl/α,β-unsaturated/α-hetero) is 1. The topological polar surface area (TPSA) is 70.4 Å². The minimum absolute atomic E-state index is 0.0188. The van der Waals surface area contributed by atoms with E-state index in [1.54, 1.807) is 35.1 Å². The summed E-state index contributed by atoms with van der Waals surface area (Å²) in [5, 5.41) is 4.17. The molecule has 1 heterocycles. The third-order valence-corrected chi connectivity index (χ3v) is 4.16. The highest BCUT2D eigenvalue weighted by molar-refractivity contribution is 5.94. The summed E-state index contributed by atoms with van der Waals surface area (Å²) in [6, 6.07) is 16.5. The van der Waals surface area contributed by atoms with E-state index in [1.807, 2.05) is 36.5 Å². The molecule has 0 radical (unpaired) electrons. The average molecular weight is 378 g/mol. The smallest absolute Gasteiger partial charge is 0.306 e. The Bertz CT molecular complexity index is 901. The summed E-state index contributed by atoms with van der Waals surface area (Å²) in [4.78, 5) is 23.1.